The van der Waals surface area contributed by atoms with Crippen molar-refractivity contribution >= 4 is 17.5 Å². The maximum Gasteiger partial charge on any atom is 0.257 e. The summed E-state index contributed by atoms with van der Waals surface area (Å²) < 4.78 is 5.36. The molecule has 2 N–H and O–H groups in total. The van der Waals surface area contributed by atoms with Crippen molar-refractivity contribution in [2.75, 3.05) is 13.2 Å². The molecule has 0 spiro atoms. The molecule has 0 saturated heterocycles. The van der Waals surface area contributed by atoms with Crippen molar-refractivity contribution in [1.82, 2.24) is 5.32 Å². The van der Waals surface area contributed by atoms with Crippen LogP contribution in [0, 0.1) is 6.92 Å². The first-order chi connectivity index (χ1) is 8.99. The van der Waals surface area contributed by atoms with Gasteiger partial charge in [0.2, 0.25) is 0 Å². The van der Waals surface area contributed by atoms with Gasteiger partial charge in [0.25, 0.3) is 5.91 Å². The van der Waals surface area contributed by atoms with Crippen LogP contribution in [-0.2, 0) is 4.79 Å². The normalized spacial score (nSPS) is 12.0. The Bertz CT molecular complexity index is 421. The lowest BCUT2D eigenvalue weighted by molar-refractivity contribution is -0.123. The van der Waals surface area contributed by atoms with Gasteiger partial charge >= 0.3 is 0 Å². The summed E-state index contributed by atoms with van der Waals surface area (Å²) in [5, 5.41) is 12.5. The van der Waals surface area contributed by atoms with E-state index in [-0.39, 0.29) is 18.6 Å². The van der Waals surface area contributed by atoms with Crippen molar-refractivity contribution in [3.8, 4) is 5.75 Å². The number of aliphatic hydroxyl groups is 1. The standard InChI is InChI=1S/C14H20ClNO3/c1-10-8-12(5-6-13(10)15)19-9-14(18)16-7-3-4-11(2)17/h5-6,8,11,17H,3-4,7,9H2,1-2H3,(H,16,18). The van der Waals surface area contributed by atoms with Gasteiger partial charge in [-0.3, -0.25) is 4.79 Å². The number of aliphatic hydroxyl groups excluding tert-OH is 1. The minimum absolute atomic E-state index is 0.0181. The zero-order chi connectivity index (χ0) is 14.3. The van der Waals surface area contributed by atoms with E-state index in [2.05, 4.69) is 5.32 Å². The van der Waals surface area contributed by atoms with Crippen LogP contribution in [0.2, 0.25) is 5.02 Å². The highest BCUT2D eigenvalue weighted by Crippen LogP contribution is 2.20. The molecule has 5 heteroatoms. The second-order valence-electron chi connectivity index (χ2n) is 4.54. The fourth-order valence-electron chi connectivity index (χ4n) is 1.53. The molecule has 0 saturated carbocycles. The third-order valence-electron chi connectivity index (χ3n) is 2.62. The van der Waals surface area contributed by atoms with Crippen LogP contribution in [0.3, 0.4) is 0 Å². The first-order valence-electron chi connectivity index (χ1n) is 6.32. The number of hydrogen-bond acceptors (Lipinski definition) is 3. The Morgan fingerprint density at radius 3 is 2.89 bits per heavy atom. The van der Waals surface area contributed by atoms with Crippen LogP contribution in [0.1, 0.15) is 25.3 Å². The summed E-state index contributed by atoms with van der Waals surface area (Å²) in [7, 11) is 0. The summed E-state index contributed by atoms with van der Waals surface area (Å²) >= 11 is 5.90. The van der Waals surface area contributed by atoms with Gasteiger partial charge in [-0.15, -0.1) is 0 Å². The third kappa shape index (κ3) is 6.45. The molecule has 0 radical (unpaired) electrons. The van der Waals surface area contributed by atoms with Crippen molar-refractivity contribution in [3.05, 3.63) is 28.8 Å². The molecule has 1 unspecified atom stereocenters. The van der Waals surface area contributed by atoms with E-state index in [1.807, 2.05) is 6.92 Å². The molecule has 1 rings (SSSR count). The average Bonchev–Trinajstić information content (AvgIpc) is 2.36. The molecular formula is C14H20ClNO3. The SMILES string of the molecule is Cc1cc(OCC(=O)NCCCC(C)O)ccc1Cl. The fourth-order valence-corrected chi connectivity index (χ4v) is 1.65. The highest BCUT2D eigenvalue weighted by molar-refractivity contribution is 6.31. The van der Waals surface area contributed by atoms with Gasteiger partial charge in [-0.05, 0) is 50.5 Å². The van der Waals surface area contributed by atoms with Crippen LogP contribution in [0.5, 0.6) is 5.75 Å². The van der Waals surface area contributed by atoms with Gasteiger partial charge in [0.15, 0.2) is 6.61 Å². The molecule has 0 aliphatic rings. The Balaban J connectivity index is 2.24. The Hall–Kier alpha value is -1.26. The van der Waals surface area contributed by atoms with Gasteiger partial charge in [0.05, 0.1) is 6.10 Å². The number of aryl methyl sites for hydroxylation is 1. The van der Waals surface area contributed by atoms with E-state index in [4.69, 9.17) is 21.4 Å². The predicted molar refractivity (Wildman–Crippen MR) is 75.6 cm³/mol. The summed E-state index contributed by atoms with van der Waals surface area (Å²) in [6.45, 7) is 4.14. The number of amides is 1. The summed E-state index contributed by atoms with van der Waals surface area (Å²) in [4.78, 5) is 11.5. The zero-order valence-electron chi connectivity index (χ0n) is 11.3. The van der Waals surface area contributed by atoms with E-state index >= 15 is 0 Å². The monoisotopic (exact) mass is 285 g/mol. The molecule has 0 aromatic heterocycles. The first kappa shape index (κ1) is 15.8. The Kier molecular flexibility index (Phi) is 6.67. The van der Waals surface area contributed by atoms with Gasteiger partial charge in [0, 0.05) is 11.6 Å². The molecule has 106 valence electrons. The van der Waals surface area contributed by atoms with E-state index in [9.17, 15) is 4.79 Å². The topological polar surface area (TPSA) is 58.6 Å². The number of halogens is 1. The van der Waals surface area contributed by atoms with Crippen molar-refractivity contribution in [2.24, 2.45) is 0 Å². The number of nitrogens with one attached hydrogen (secondary N) is 1. The largest absolute Gasteiger partial charge is 0.484 e. The molecular weight excluding hydrogens is 266 g/mol. The molecule has 1 atom stereocenters. The lowest BCUT2D eigenvalue weighted by Crippen LogP contribution is -2.30. The van der Waals surface area contributed by atoms with Crippen molar-refractivity contribution in [3.63, 3.8) is 0 Å². The number of ether oxygens (including phenoxy) is 1. The van der Waals surface area contributed by atoms with E-state index < -0.39 is 0 Å². The number of carbonyl (C=O) groups excluding carboxylic acids is 1. The highest BCUT2D eigenvalue weighted by Gasteiger charge is 2.04. The van der Waals surface area contributed by atoms with Crippen molar-refractivity contribution < 1.29 is 14.6 Å². The van der Waals surface area contributed by atoms with E-state index in [1.54, 1.807) is 25.1 Å². The molecule has 1 amide bonds. The number of carbonyl (C=O) groups is 1. The van der Waals surface area contributed by atoms with Crippen LogP contribution in [0.25, 0.3) is 0 Å². The van der Waals surface area contributed by atoms with Crippen LogP contribution in [0.4, 0.5) is 0 Å². The molecule has 1 aromatic rings. The van der Waals surface area contributed by atoms with Gasteiger partial charge < -0.3 is 15.2 Å². The molecule has 0 bridgehead atoms. The van der Waals surface area contributed by atoms with Crippen molar-refractivity contribution in [1.29, 1.82) is 0 Å². The zero-order valence-corrected chi connectivity index (χ0v) is 12.0. The lowest BCUT2D eigenvalue weighted by Gasteiger charge is -2.09. The van der Waals surface area contributed by atoms with Crippen LogP contribution < -0.4 is 10.1 Å². The fraction of sp³-hybridized carbons (Fsp3) is 0.500. The average molecular weight is 286 g/mol. The molecule has 0 heterocycles. The maximum atomic E-state index is 11.5. The molecule has 19 heavy (non-hydrogen) atoms. The lowest BCUT2D eigenvalue weighted by atomic mass is 10.2. The first-order valence-corrected chi connectivity index (χ1v) is 6.70. The summed E-state index contributed by atoms with van der Waals surface area (Å²) in [6, 6.07) is 5.27. The molecule has 1 aromatic carbocycles. The maximum absolute atomic E-state index is 11.5. The Labute approximate surface area is 118 Å². The highest BCUT2D eigenvalue weighted by atomic mass is 35.5. The number of benzene rings is 1. The van der Waals surface area contributed by atoms with Gasteiger partial charge in [-0.2, -0.15) is 0 Å². The van der Waals surface area contributed by atoms with E-state index in [0.717, 1.165) is 12.0 Å². The number of hydrogen-bond donors (Lipinski definition) is 2. The quantitative estimate of drug-likeness (QED) is 0.756. The van der Waals surface area contributed by atoms with Gasteiger partial charge in [-0.1, -0.05) is 11.6 Å². The van der Waals surface area contributed by atoms with Crippen molar-refractivity contribution in [2.45, 2.75) is 32.8 Å². The number of rotatable bonds is 7. The summed E-state index contributed by atoms with van der Waals surface area (Å²) in [5.41, 5.74) is 0.913. The van der Waals surface area contributed by atoms with E-state index in [0.29, 0.717) is 23.7 Å². The molecule has 0 aliphatic carbocycles. The summed E-state index contributed by atoms with van der Waals surface area (Å²) in [6.07, 6.45) is 1.10. The minimum Gasteiger partial charge on any atom is -0.484 e. The second kappa shape index (κ2) is 8.02. The third-order valence-corrected chi connectivity index (χ3v) is 3.04. The summed E-state index contributed by atoms with van der Waals surface area (Å²) in [5.74, 6) is 0.458. The molecule has 4 nitrogen and oxygen atoms in total. The second-order valence-corrected chi connectivity index (χ2v) is 4.95. The smallest absolute Gasteiger partial charge is 0.257 e. The Morgan fingerprint density at radius 2 is 2.26 bits per heavy atom. The molecule has 0 fully saturated rings. The van der Waals surface area contributed by atoms with Gasteiger partial charge in [0.1, 0.15) is 5.75 Å². The predicted octanol–water partition coefficient (Wildman–Crippen LogP) is 2.30. The van der Waals surface area contributed by atoms with Gasteiger partial charge in [-0.25, -0.2) is 0 Å². The molecule has 0 aliphatic heterocycles. The van der Waals surface area contributed by atoms with Crippen LogP contribution >= 0.6 is 11.6 Å². The van der Waals surface area contributed by atoms with Crippen LogP contribution in [0.15, 0.2) is 18.2 Å². The minimum atomic E-state index is -0.329. The van der Waals surface area contributed by atoms with E-state index in [1.165, 1.54) is 0 Å². The van der Waals surface area contributed by atoms with Crippen LogP contribution in [-0.4, -0.2) is 30.3 Å². The Morgan fingerprint density at radius 1 is 1.53 bits per heavy atom.